The van der Waals surface area contributed by atoms with Crippen molar-refractivity contribution in [2.75, 3.05) is 5.32 Å². The number of halogens is 2. The number of hydrogen-bond acceptors (Lipinski definition) is 2. The molecule has 0 radical (unpaired) electrons. The Hall–Kier alpha value is -1.94. The van der Waals surface area contributed by atoms with Crippen molar-refractivity contribution >= 4 is 23.2 Å². The number of anilines is 1. The van der Waals surface area contributed by atoms with Gasteiger partial charge in [-0.1, -0.05) is 11.6 Å². The molecule has 1 heterocycles. The van der Waals surface area contributed by atoms with Crippen molar-refractivity contribution in [3.63, 3.8) is 0 Å². The van der Waals surface area contributed by atoms with Gasteiger partial charge in [0.25, 0.3) is 5.91 Å². The molecule has 0 saturated carbocycles. The maximum absolute atomic E-state index is 13.3. The van der Waals surface area contributed by atoms with Crippen LogP contribution in [0.4, 0.5) is 10.1 Å². The van der Waals surface area contributed by atoms with Crippen molar-refractivity contribution in [1.29, 1.82) is 0 Å². The van der Waals surface area contributed by atoms with Gasteiger partial charge in [0, 0.05) is 11.8 Å². The fourth-order valence-electron chi connectivity index (χ4n) is 1.70. The van der Waals surface area contributed by atoms with Gasteiger partial charge in [-0.25, -0.2) is 9.37 Å². The van der Waals surface area contributed by atoms with Gasteiger partial charge >= 0.3 is 0 Å². The lowest BCUT2D eigenvalue weighted by Crippen LogP contribution is -2.13. The predicted octanol–water partition coefficient (Wildman–Crippen LogP) is 3.74. The first-order chi connectivity index (χ1) is 8.95. The monoisotopic (exact) mass is 278 g/mol. The summed E-state index contributed by atoms with van der Waals surface area (Å²) in [5.74, 6) is -0.865. The lowest BCUT2D eigenvalue weighted by Gasteiger charge is -2.08. The smallest absolute Gasteiger partial charge is 0.255 e. The number of aromatic nitrogens is 1. The number of nitrogens with one attached hydrogen (secondary N) is 1. The molecule has 0 aliphatic heterocycles. The third kappa shape index (κ3) is 3.29. The quantitative estimate of drug-likeness (QED) is 0.850. The lowest BCUT2D eigenvalue weighted by atomic mass is 10.1. The van der Waals surface area contributed by atoms with Gasteiger partial charge in [0.05, 0.1) is 5.69 Å². The highest BCUT2D eigenvalue weighted by molar-refractivity contribution is 6.32. The van der Waals surface area contributed by atoms with Crippen LogP contribution in [0.15, 0.2) is 30.5 Å². The van der Waals surface area contributed by atoms with Crippen LogP contribution in [0.5, 0.6) is 0 Å². The first-order valence-electron chi connectivity index (χ1n) is 5.66. The van der Waals surface area contributed by atoms with Crippen LogP contribution in [-0.2, 0) is 0 Å². The molecule has 0 saturated heterocycles. The molecule has 0 spiro atoms. The van der Waals surface area contributed by atoms with E-state index in [1.54, 1.807) is 25.3 Å². The summed E-state index contributed by atoms with van der Waals surface area (Å²) in [7, 11) is 0. The van der Waals surface area contributed by atoms with Gasteiger partial charge in [0.2, 0.25) is 0 Å². The van der Waals surface area contributed by atoms with Crippen molar-refractivity contribution in [1.82, 2.24) is 4.98 Å². The molecule has 1 amide bonds. The maximum atomic E-state index is 13.3. The zero-order valence-corrected chi connectivity index (χ0v) is 11.3. The number of hydrogen-bond donors (Lipinski definition) is 1. The molecule has 98 valence electrons. The van der Waals surface area contributed by atoms with Gasteiger partial charge in [-0.2, -0.15) is 0 Å². The molecule has 1 N–H and O–H groups in total. The van der Waals surface area contributed by atoms with E-state index in [-0.39, 0.29) is 10.7 Å². The first kappa shape index (κ1) is 13.5. The van der Waals surface area contributed by atoms with Gasteiger partial charge in [0.15, 0.2) is 5.15 Å². The number of carbonyl (C=O) groups excluding carboxylic acids is 1. The van der Waals surface area contributed by atoms with Gasteiger partial charge in [-0.3, -0.25) is 4.79 Å². The van der Waals surface area contributed by atoms with Crippen LogP contribution in [-0.4, -0.2) is 10.9 Å². The van der Waals surface area contributed by atoms with E-state index in [0.717, 1.165) is 5.56 Å². The van der Waals surface area contributed by atoms with Crippen LogP contribution in [0.25, 0.3) is 0 Å². The number of pyridine rings is 1. The number of carbonyl (C=O) groups is 1. The maximum Gasteiger partial charge on any atom is 0.255 e. The predicted molar refractivity (Wildman–Crippen MR) is 73.1 cm³/mol. The van der Waals surface area contributed by atoms with E-state index in [9.17, 15) is 9.18 Å². The Kier molecular flexibility index (Phi) is 3.81. The lowest BCUT2D eigenvalue weighted by molar-refractivity contribution is 0.102. The van der Waals surface area contributed by atoms with Gasteiger partial charge in [-0.15, -0.1) is 0 Å². The third-order valence-electron chi connectivity index (χ3n) is 2.53. The summed E-state index contributed by atoms with van der Waals surface area (Å²) in [5.41, 5.74) is 2.21. The minimum atomic E-state index is -0.446. The van der Waals surface area contributed by atoms with E-state index < -0.39 is 11.7 Å². The van der Waals surface area contributed by atoms with Crippen LogP contribution >= 0.6 is 11.6 Å². The fourth-order valence-corrected chi connectivity index (χ4v) is 1.85. The summed E-state index contributed by atoms with van der Waals surface area (Å²) in [5, 5.41) is 2.82. The summed E-state index contributed by atoms with van der Waals surface area (Å²) < 4.78 is 13.3. The van der Waals surface area contributed by atoms with Gasteiger partial charge in [-0.05, 0) is 49.2 Å². The Bertz CT molecular complexity index is 623. The molecule has 2 aromatic rings. The molecular formula is C14H12ClFN2O. The van der Waals surface area contributed by atoms with Crippen molar-refractivity contribution in [2.45, 2.75) is 13.8 Å². The summed E-state index contributed by atoms with van der Waals surface area (Å²) >= 11 is 5.89. The highest BCUT2D eigenvalue weighted by Gasteiger charge is 2.11. The topological polar surface area (TPSA) is 42.0 Å². The number of rotatable bonds is 2. The Morgan fingerprint density at radius 2 is 1.95 bits per heavy atom. The van der Waals surface area contributed by atoms with Crippen LogP contribution < -0.4 is 5.32 Å². The Morgan fingerprint density at radius 1 is 1.21 bits per heavy atom. The summed E-state index contributed by atoms with van der Waals surface area (Å²) in [6.07, 6.45) is 1.60. The van der Waals surface area contributed by atoms with E-state index >= 15 is 0 Å². The van der Waals surface area contributed by atoms with E-state index in [0.29, 0.717) is 11.3 Å². The number of nitrogens with zero attached hydrogens (tertiary/aromatic N) is 1. The van der Waals surface area contributed by atoms with E-state index in [1.807, 2.05) is 6.92 Å². The number of amides is 1. The second kappa shape index (κ2) is 5.36. The molecule has 0 bridgehead atoms. The number of benzene rings is 1. The van der Waals surface area contributed by atoms with E-state index in [2.05, 4.69) is 10.3 Å². The molecule has 1 aromatic heterocycles. The highest BCUT2D eigenvalue weighted by Crippen LogP contribution is 2.21. The molecular weight excluding hydrogens is 267 g/mol. The van der Waals surface area contributed by atoms with Crippen molar-refractivity contribution in [3.8, 4) is 0 Å². The van der Waals surface area contributed by atoms with Crippen LogP contribution in [0.3, 0.4) is 0 Å². The normalized spacial score (nSPS) is 10.3. The minimum absolute atomic E-state index is 0.201. The molecule has 0 fully saturated rings. The Balaban J connectivity index is 2.28. The van der Waals surface area contributed by atoms with Crippen molar-refractivity contribution < 1.29 is 9.18 Å². The van der Waals surface area contributed by atoms with E-state index in [1.165, 1.54) is 12.1 Å². The average Bonchev–Trinajstić information content (AvgIpc) is 2.32. The largest absolute Gasteiger partial charge is 0.319 e. The molecule has 0 aliphatic carbocycles. The highest BCUT2D eigenvalue weighted by atomic mass is 35.5. The molecule has 0 aliphatic rings. The molecule has 19 heavy (non-hydrogen) atoms. The molecule has 5 heteroatoms. The van der Waals surface area contributed by atoms with Crippen LogP contribution in [0.2, 0.25) is 5.15 Å². The first-order valence-corrected chi connectivity index (χ1v) is 6.04. The molecule has 0 unspecified atom stereocenters. The summed E-state index contributed by atoms with van der Waals surface area (Å²) in [4.78, 5) is 16.0. The zero-order valence-electron chi connectivity index (χ0n) is 10.5. The molecule has 2 rings (SSSR count). The van der Waals surface area contributed by atoms with E-state index in [4.69, 9.17) is 11.6 Å². The standard InChI is InChI=1S/C14H12ClFN2O/c1-8-3-10(6-11(16)4-8)14(19)18-12-5-9(2)7-17-13(12)15/h3-7H,1-2H3,(H,18,19). The Labute approximate surface area is 115 Å². The molecule has 1 aromatic carbocycles. The summed E-state index contributed by atoms with van der Waals surface area (Å²) in [6.45, 7) is 3.56. The van der Waals surface area contributed by atoms with Crippen molar-refractivity contribution in [3.05, 3.63) is 58.1 Å². The molecule has 3 nitrogen and oxygen atoms in total. The van der Waals surface area contributed by atoms with Crippen LogP contribution in [0.1, 0.15) is 21.5 Å². The van der Waals surface area contributed by atoms with Gasteiger partial charge in [0.1, 0.15) is 5.82 Å². The third-order valence-corrected chi connectivity index (χ3v) is 2.83. The summed E-state index contributed by atoms with van der Waals surface area (Å²) in [6, 6.07) is 5.85. The van der Waals surface area contributed by atoms with Crippen molar-refractivity contribution in [2.24, 2.45) is 0 Å². The fraction of sp³-hybridized carbons (Fsp3) is 0.143. The second-order valence-electron chi connectivity index (χ2n) is 4.32. The average molecular weight is 279 g/mol. The molecule has 0 atom stereocenters. The SMILES string of the molecule is Cc1cc(F)cc(C(=O)Nc2cc(C)cnc2Cl)c1. The minimum Gasteiger partial charge on any atom is -0.319 e. The zero-order chi connectivity index (χ0) is 14.0. The Morgan fingerprint density at radius 3 is 2.63 bits per heavy atom. The van der Waals surface area contributed by atoms with Gasteiger partial charge < -0.3 is 5.32 Å². The second-order valence-corrected chi connectivity index (χ2v) is 4.68. The number of aryl methyl sites for hydroxylation is 2. The van der Waals surface area contributed by atoms with Crippen LogP contribution in [0, 0.1) is 19.7 Å².